The predicted octanol–water partition coefficient (Wildman–Crippen LogP) is -5.34. The summed E-state index contributed by atoms with van der Waals surface area (Å²) in [4.78, 5) is 20.1. The fourth-order valence-corrected chi connectivity index (χ4v) is 1.54. The second-order valence-corrected chi connectivity index (χ2v) is 4.22. The molecule has 1 aromatic rings. The van der Waals surface area contributed by atoms with Gasteiger partial charge in [-0.3, -0.25) is 4.55 Å². The van der Waals surface area contributed by atoms with Crippen molar-refractivity contribution in [3.05, 3.63) is 29.3 Å². The molecule has 0 heterocycles. The van der Waals surface area contributed by atoms with Crippen molar-refractivity contribution in [1.82, 2.24) is 0 Å². The van der Waals surface area contributed by atoms with E-state index >= 15 is 0 Å². The molecule has 1 N–H and O–H groups in total. The number of hydrogen-bond donors (Lipinski definition) is 1. The second kappa shape index (κ2) is 5.61. The molecule has 0 atom stereocenters. The Bertz CT molecular complexity index is 531. The van der Waals surface area contributed by atoms with Gasteiger partial charge in [0.2, 0.25) is 0 Å². The number of benzene rings is 1. The summed E-state index contributed by atoms with van der Waals surface area (Å²) in [5, 5.41) is 20.9. The molecule has 1 rings (SSSR count). The molecule has 0 spiro atoms. The minimum Gasteiger partial charge on any atom is -0.545 e. The molecular formula is C8H4NaO7S-. The van der Waals surface area contributed by atoms with Crippen molar-refractivity contribution < 1.29 is 62.3 Å². The van der Waals surface area contributed by atoms with Gasteiger partial charge in [-0.1, -0.05) is 0 Å². The van der Waals surface area contributed by atoms with Crippen LogP contribution >= 0.6 is 0 Å². The normalized spacial score (nSPS) is 10.4. The van der Waals surface area contributed by atoms with E-state index in [2.05, 4.69) is 0 Å². The van der Waals surface area contributed by atoms with E-state index in [9.17, 15) is 28.2 Å². The first-order valence-electron chi connectivity index (χ1n) is 3.77. The third-order valence-electron chi connectivity index (χ3n) is 1.68. The van der Waals surface area contributed by atoms with Crippen molar-refractivity contribution >= 4 is 22.1 Å². The van der Waals surface area contributed by atoms with Gasteiger partial charge in [0.15, 0.2) is 0 Å². The van der Waals surface area contributed by atoms with E-state index in [4.69, 9.17) is 4.55 Å². The fourth-order valence-electron chi connectivity index (χ4n) is 0.984. The van der Waals surface area contributed by atoms with E-state index in [1.54, 1.807) is 0 Å². The first-order valence-corrected chi connectivity index (χ1v) is 5.21. The summed E-state index contributed by atoms with van der Waals surface area (Å²) in [6.45, 7) is 0. The molecule has 0 aliphatic rings. The molecule has 0 unspecified atom stereocenters. The van der Waals surface area contributed by atoms with Crippen LogP contribution in [0.4, 0.5) is 0 Å². The number of carbonyl (C=O) groups is 2. The van der Waals surface area contributed by atoms with Crippen LogP contribution in [0.3, 0.4) is 0 Å². The van der Waals surface area contributed by atoms with Gasteiger partial charge >= 0.3 is 29.6 Å². The van der Waals surface area contributed by atoms with Crippen molar-refractivity contribution in [2.24, 2.45) is 0 Å². The van der Waals surface area contributed by atoms with Crippen molar-refractivity contribution in [2.45, 2.75) is 4.90 Å². The number of carboxylic acid groups (broad SMARTS) is 2. The van der Waals surface area contributed by atoms with Gasteiger partial charge in [-0.25, -0.2) is 0 Å². The minimum atomic E-state index is -4.70. The first-order chi connectivity index (χ1) is 7.21. The standard InChI is InChI=1S/C8H6O7S.Na/c9-7(10)4-1-5(8(11)12)3-6(2-4)16(13,14)15;/h1-3H,(H,9,10)(H,11,12)(H,13,14,15);/q;+1/p-2. The smallest absolute Gasteiger partial charge is 0.545 e. The maximum absolute atomic E-state index is 10.7. The molecule has 0 saturated carbocycles. The van der Waals surface area contributed by atoms with Crippen molar-refractivity contribution in [3.8, 4) is 0 Å². The zero-order valence-corrected chi connectivity index (χ0v) is 11.4. The molecule has 0 amide bonds. The van der Waals surface area contributed by atoms with E-state index in [-0.39, 0.29) is 29.6 Å². The van der Waals surface area contributed by atoms with Crippen LogP contribution in [-0.4, -0.2) is 24.9 Å². The molecule has 0 saturated heterocycles. The van der Waals surface area contributed by atoms with Gasteiger partial charge in [-0.2, -0.15) is 8.42 Å². The Morgan fingerprint density at radius 2 is 1.35 bits per heavy atom. The third kappa shape index (κ3) is 4.10. The van der Waals surface area contributed by atoms with Crippen LogP contribution < -0.4 is 39.8 Å². The maximum atomic E-state index is 10.7. The van der Waals surface area contributed by atoms with Crippen molar-refractivity contribution in [1.29, 1.82) is 0 Å². The van der Waals surface area contributed by atoms with Gasteiger partial charge < -0.3 is 19.8 Å². The van der Waals surface area contributed by atoms with Crippen LogP contribution in [0.5, 0.6) is 0 Å². The molecule has 17 heavy (non-hydrogen) atoms. The third-order valence-corrected chi connectivity index (χ3v) is 2.51. The molecule has 1 aromatic carbocycles. The van der Waals surface area contributed by atoms with E-state index in [0.29, 0.717) is 18.2 Å². The summed E-state index contributed by atoms with van der Waals surface area (Å²) in [5.74, 6) is -3.54. The summed E-state index contributed by atoms with van der Waals surface area (Å²) >= 11 is 0. The molecule has 7 nitrogen and oxygen atoms in total. The van der Waals surface area contributed by atoms with Gasteiger partial charge in [-0.15, -0.1) is 0 Å². The van der Waals surface area contributed by atoms with Crippen LogP contribution in [0.1, 0.15) is 20.7 Å². The van der Waals surface area contributed by atoms with Gasteiger partial charge in [0.25, 0.3) is 10.1 Å². The second-order valence-electron chi connectivity index (χ2n) is 2.80. The Kier molecular flexibility index (Phi) is 5.30. The maximum Gasteiger partial charge on any atom is 1.00 e. The van der Waals surface area contributed by atoms with Gasteiger partial charge in [0.05, 0.1) is 16.8 Å². The minimum absolute atomic E-state index is 0. The van der Waals surface area contributed by atoms with E-state index in [0.717, 1.165) is 0 Å². The Morgan fingerprint density at radius 1 is 1.00 bits per heavy atom. The SMILES string of the molecule is O=C([O-])c1cc(C(=O)[O-])cc(S(=O)(=O)O)c1.[Na+]. The Hall–Kier alpha value is -0.930. The van der Waals surface area contributed by atoms with Crippen LogP contribution in [0, 0.1) is 0 Å². The molecule has 0 aromatic heterocycles. The summed E-state index contributed by atoms with van der Waals surface area (Å²) in [5.41, 5.74) is -1.37. The number of rotatable bonds is 3. The number of carboxylic acids is 2. The van der Waals surface area contributed by atoms with Crippen LogP contribution in [-0.2, 0) is 10.1 Å². The summed E-state index contributed by atoms with van der Waals surface area (Å²) in [6.07, 6.45) is 0. The Balaban J connectivity index is 0.00000256. The zero-order chi connectivity index (χ0) is 12.5. The fraction of sp³-hybridized carbons (Fsp3) is 0. The zero-order valence-electron chi connectivity index (χ0n) is 8.54. The molecular weight excluding hydrogens is 263 g/mol. The number of carbonyl (C=O) groups excluding carboxylic acids is 2. The number of aromatic carboxylic acids is 2. The average molecular weight is 267 g/mol. The average Bonchev–Trinajstić information content (AvgIpc) is 2.15. The van der Waals surface area contributed by atoms with Crippen molar-refractivity contribution in [2.75, 3.05) is 0 Å². The molecule has 0 aliphatic heterocycles. The predicted molar refractivity (Wildman–Crippen MR) is 44.9 cm³/mol. The molecule has 0 radical (unpaired) electrons. The topological polar surface area (TPSA) is 135 Å². The molecule has 9 heteroatoms. The Morgan fingerprint density at radius 3 is 1.59 bits per heavy atom. The van der Waals surface area contributed by atoms with E-state index in [1.165, 1.54) is 0 Å². The van der Waals surface area contributed by atoms with Crippen LogP contribution in [0.15, 0.2) is 23.1 Å². The van der Waals surface area contributed by atoms with E-state index in [1.807, 2.05) is 0 Å². The monoisotopic (exact) mass is 267 g/mol. The van der Waals surface area contributed by atoms with Gasteiger partial charge in [0.1, 0.15) is 0 Å². The first kappa shape index (κ1) is 16.1. The molecule has 0 aliphatic carbocycles. The van der Waals surface area contributed by atoms with Crippen LogP contribution in [0.2, 0.25) is 0 Å². The van der Waals surface area contributed by atoms with Crippen LogP contribution in [0.25, 0.3) is 0 Å². The summed E-state index contributed by atoms with van der Waals surface area (Å²) < 4.78 is 30.1. The Labute approximate surface area is 118 Å². The number of hydrogen-bond acceptors (Lipinski definition) is 6. The van der Waals surface area contributed by atoms with Gasteiger partial charge in [0, 0.05) is 0 Å². The summed E-state index contributed by atoms with van der Waals surface area (Å²) in [6, 6.07) is 1.83. The molecule has 86 valence electrons. The molecule has 0 fully saturated rings. The van der Waals surface area contributed by atoms with Gasteiger partial charge in [-0.05, 0) is 29.3 Å². The molecule has 0 bridgehead atoms. The van der Waals surface area contributed by atoms with Crippen molar-refractivity contribution in [3.63, 3.8) is 0 Å². The largest absolute Gasteiger partial charge is 1.00 e. The quantitative estimate of drug-likeness (QED) is 0.426. The van der Waals surface area contributed by atoms with E-state index < -0.39 is 38.1 Å². The summed E-state index contributed by atoms with van der Waals surface area (Å²) in [7, 11) is -4.70.